The van der Waals surface area contributed by atoms with E-state index in [1.165, 1.54) is 7.11 Å². The fourth-order valence-corrected chi connectivity index (χ4v) is 7.09. The minimum absolute atomic E-state index is 0.0563. The highest BCUT2D eigenvalue weighted by atomic mass is 79.9. The van der Waals surface area contributed by atoms with Gasteiger partial charge in [-0.15, -0.1) is 10.2 Å². The molecule has 0 saturated carbocycles. The molecule has 374 valence electrons. The van der Waals surface area contributed by atoms with Crippen molar-refractivity contribution in [3.05, 3.63) is 61.4 Å². The predicted octanol–water partition coefficient (Wildman–Crippen LogP) is 7.56. The van der Waals surface area contributed by atoms with E-state index in [-0.39, 0.29) is 25.5 Å². The summed E-state index contributed by atoms with van der Waals surface area (Å²) < 4.78 is 226. The smallest absolute Gasteiger partial charge is 0.472 e. The van der Waals surface area contributed by atoms with Crippen molar-refractivity contribution in [3.8, 4) is 21.5 Å². The van der Waals surface area contributed by atoms with Gasteiger partial charge < -0.3 is 18.8 Å². The van der Waals surface area contributed by atoms with Crippen LogP contribution in [0.1, 0.15) is 39.1 Å². The van der Waals surface area contributed by atoms with E-state index >= 15 is 0 Å². The molecule has 0 N–H and O–H groups in total. The zero-order valence-electron chi connectivity index (χ0n) is 34.5. The summed E-state index contributed by atoms with van der Waals surface area (Å²) in [5.41, 5.74) is -7.96. The molecule has 0 amide bonds. The Morgan fingerprint density at radius 2 is 1.06 bits per heavy atom. The third-order valence-electron chi connectivity index (χ3n) is 9.27. The van der Waals surface area contributed by atoms with E-state index in [4.69, 9.17) is 18.8 Å². The van der Waals surface area contributed by atoms with Crippen molar-refractivity contribution in [3.63, 3.8) is 0 Å². The second kappa shape index (κ2) is 18.3. The molecule has 0 aromatic carbocycles. The number of hydrogen-bond donors (Lipinski definition) is 0. The Morgan fingerprint density at radius 1 is 0.647 bits per heavy atom. The number of ether oxygens (including phenoxy) is 2. The van der Waals surface area contributed by atoms with Crippen LogP contribution in [0.5, 0.6) is 10.4 Å². The summed E-state index contributed by atoms with van der Waals surface area (Å²) in [6.07, 6.45) is -18.1. The third-order valence-corrected chi connectivity index (χ3v) is 11.7. The molecule has 16 nitrogen and oxygen atoms in total. The molecule has 7 rings (SSSR count). The summed E-state index contributed by atoms with van der Waals surface area (Å²) in [6, 6.07) is 0. The summed E-state index contributed by atoms with van der Waals surface area (Å²) in [6.45, 7) is 3.63. The van der Waals surface area contributed by atoms with E-state index in [2.05, 4.69) is 46.3 Å². The minimum Gasteiger partial charge on any atom is -0.472 e. The fourth-order valence-electron chi connectivity index (χ4n) is 5.19. The van der Waals surface area contributed by atoms with Crippen molar-refractivity contribution in [2.75, 3.05) is 14.2 Å². The van der Waals surface area contributed by atoms with Crippen LogP contribution in [0.25, 0.3) is 21.0 Å². The second-order valence-electron chi connectivity index (χ2n) is 14.6. The van der Waals surface area contributed by atoms with Crippen LogP contribution >= 0.6 is 38.6 Å². The van der Waals surface area contributed by atoms with Gasteiger partial charge in [-0.1, -0.05) is 0 Å². The molecule has 68 heavy (non-hydrogen) atoms. The molecular formula is C32H26BBrF16N10O6S2. The molecule has 7 heterocycles. The number of rotatable bonds is 8. The van der Waals surface area contributed by atoms with Gasteiger partial charge in [0.2, 0.25) is 9.92 Å². The van der Waals surface area contributed by atoms with Crippen molar-refractivity contribution in [1.29, 1.82) is 0 Å². The van der Waals surface area contributed by atoms with Crippen LogP contribution in [0, 0.1) is 0 Å². The zero-order valence-corrected chi connectivity index (χ0v) is 37.7. The Labute approximate surface area is 383 Å². The van der Waals surface area contributed by atoms with E-state index in [0.29, 0.717) is 32.9 Å². The largest absolute Gasteiger partial charge is 0.498 e. The molecule has 1 fully saturated rings. The fraction of sp³-hybridized carbons (Fsp3) is 0.500. The van der Waals surface area contributed by atoms with Crippen molar-refractivity contribution in [2.24, 2.45) is 0 Å². The maximum absolute atomic E-state index is 13.4. The van der Waals surface area contributed by atoms with Crippen molar-refractivity contribution in [2.45, 2.75) is 88.5 Å². The molecule has 0 radical (unpaired) electrons. The van der Waals surface area contributed by atoms with Crippen molar-refractivity contribution >= 4 is 61.1 Å². The van der Waals surface area contributed by atoms with Gasteiger partial charge in [0.25, 0.3) is 21.5 Å². The Hall–Kier alpha value is -5.10. The number of nitrogens with zero attached hydrogens (tertiary/aromatic N) is 10. The van der Waals surface area contributed by atoms with Gasteiger partial charge in [-0.2, -0.15) is 89.5 Å². The quantitative estimate of drug-likeness (QED) is 0.109. The first-order valence-corrected chi connectivity index (χ1v) is 20.3. The van der Waals surface area contributed by atoms with Crippen molar-refractivity contribution < 1.29 is 89.0 Å². The first-order valence-electron chi connectivity index (χ1n) is 17.9. The molecule has 1 aliphatic rings. The normalized spacial score (nSPS) is 15.6. The number of hydrogen-bond acceptors (Lipinski definition) is 14. The van der Waals surface area contributed by atoms with Gasteiger partial charge >= 0.3 is 43.7 Å². The molecule has 36 heteroatoms. The second-order valence-corrected chi connectivity index (χ2v) is 17.3. The summed E-state index contributed by atoms with van der Waals surface area (Å²) in [7, 11) is 1.58. The Morgan fingerprint density at radius 3 is 1.49 bits per heavy atom. The molecule has 6 aromatic rings. The number of fused-ring (bicyclic) bond motifs is 2. The van der Waals surface area contributed by atoms with Gasteiger partial charge in [0.05, 0.1) is 37.2 Å². The third kappa shape index (κ3) is 11.2. The van der Waals surface area contributed by atoms with E-state index in [1.807, 2.05) is 0 Å². The molecular weight excluding hydrogens is 1080 g/mol. The molecule has 1 saturated heterocycles. The lowest BCUT2D eigenvalue weighted by Crippen LogP contribution is -2.41. The highest BCUT2D eigenvalue weighted by molar-refractivity contribution is 9.10. The Kier molecular flexibility index (Phi) is 14.5. The summed E-state index contributed by atoms with van der Waals surface area (Å²) in [5.74, 6) is -10.0. The highest BCUT2D eigenvalue weighted by Crippen LogP contribution is 2.40. The lowest BCUT2D eigenvalue weighted by Gasteiger charge is -2.32. The van der Waals surface area contributed by atoms with Gasteiger partial charge in [-0.05, 0) is 66.3 Å². The van der Waals surface area contributed by atoms with Gasteiger partial charge in [0.15, 0.2) is 11.4 Å². The minimum atomic E-state index is -5.90. The van der Waals surface area contributed by atoms with Crippen LogP contribution in [0.2, 0.25) is 0 Å². The van der Waals surface area contributed by atoms with E-state index in [0.717, 1.165) is 35.4 Å². The average Bonchev–Trinajstić information content (AvgIpc) is 4.02. The SMILES string of the molecule is CC1(C)OB(c2cnn(CC(F)(F)C(F)(F)F)c2)OC1(C)C.COc1nn2c(=O)c(-c3cnn(CC(F)(F)C(F)(F)F)c3)c(C(F)(F)F)nc2s1.COc1nn2c(=O)c(Br)c(C(F)(F)F)nc2s1. The Bertz CT molecular complexity index is 2890. The highest BCUT2D eigenvalue weighted by Gasteiger charge is 2.59. The van der Waals surface area contributed by atoms with E-state index in [9.17, 15) is 79.8 Å². The molecule has 0 unspecified atom stereocenters. The summed E-state index contributed by atoms with van der Waals surface area (Å²) in [4.78, 5) is 30.1. The van der Waals surface area contributed by atoms with Gasteiger partial charge in [0, 0.05) is 29.6 Å². The predicted molar refractivity (Wildman–Crippen MR) is 206 cm³/mol. The summed E-state index contributed by atoms with van der Waals surface area (Å²) in [5, 5.41) is 13.9. The zero-order chi connectivity index (χ0) is 51.5. The molecule has 0 spiro atoms. The molecule has 0 aliphatic carbocycles. The monoisotopic (exact) mass is 1100 g/mol. The van der Waals surface area contributed by atoms with E-state index in [1.54, 1.807) is 27.7 Å². The number of halogens is 17. The van der Waals surface area contributed by atoms with Crippen LogP contribution in [0.15, 0.2) is 38.8 Å². The molecule has 1 aliphatic heterocycles. The molecule has 6 aromatic heterocycles. The molecule has 0 atom stereocenters. The Balaban J connectivity index is 0.000000198. The number of methoxy groups -OCH3 is 2. The van der Waals surface area contributed by atoms with Crippen LogP contribution in [-0.4, -0.2) is 105 Å². The molecule has 0 bridgehead atoms. The van der Waals surface area contributed by atoms with Crippen LogP contribution in [0.3, 0.4) is 0 Å². The lowest BCUT2D eigenvalue weighted by atomic mass is 9.82. The maximum atomic E-state index is 13.4. The summed E-state index contributed by atoms with van der Waals surface area (Å²) >= 11 is 3.86. The lowest BCUT2D eigenvalue weighted by molar-refractivity contribution is -0.287. The standard InChI is InChI=1S/C13H7F8N5O2S.C12H16BF5N2O2.C7H3BrF3N3O2S/c1-28-10-24-26-8(27)6(7(12(16,17)18)23-9(26)29-10)5-2-22-25(3-5)4-11(14,15)13(19,20)21;1-9(2)10(3,4)22-13(21-9)8-5-19-20(6-8)7-11(14,15)12(16,17)18;1-16-6-13-14-4(15)2(8)3(7(9,10)11)12-5(14)17-6/h2-3H,4H2,1H3;5-6H,7H2,1-4H3;1H3. The van der Waals surface area contributed by atoms with Gasteiger partial charge in [-0.3, -0.25) is 19.0 Å². The topological polar surface area (TPSA) is 167 Å². The van der Waals surface area contributed by atoms with Gasteiger partial charge in [0.1, 0.15) is 17.6 Å². The van der Waals surface area contributed by atoms with Crippen LogP contribution in [0.4, 0.5) is 70.2 Å². The maximum Gasteiger partial charge on any atom is 0.498 e. The first kappa shape index (κ1) is 53.9. The number of aromatic nitrogens is 10. The number of alkyl halides is 16. The first-order chi connectivity index (χ1) is 30.8. The van der Waals surface area contributed by atoms with Crippen LogP contribution in [-0.2, 0) is 34.8 Å². The van der Waals surface area contributed by atoms with Crippen molar-refractivity contribution in [1.82, 2.24) is 48.8 Å². The van der Waals surface area contributed by atoms with E-state index < -0.39 is 111 Å². The average molecular weight is 1110 g/mol. The van der Waals surface area contributed by atoms with Gasteiger partial charge in [-0.25, -0.2) is 9.97 Å². The van der Waals surface area contributed by atoms with Crippen LogP contribution < -0.4 is 26.1 Å².